The molecule has 0 radical (unpaired) electrons. The summed E-state index contributed by atoms with van der Waals surface area (Å²) in [6.45, 7) is 2.30. The van der Waals surface area contributed by atoms with Crippen LogP contribution in [0.1, 0.15) is 62.0 Å². The minimum atomic E-state index is -0.00484. The standard InChI is InChI=1S/C20H28N2O2/c23-19-12-2-1-5-14-22(19)15-7-13-21-20(24)18-11-6-9-16-8-3-4-10-17(16)18/h3-4,8,10,18H,1-2,5-7,9,11-15H2,(H,21,24). The van der Waals surface area contributed by atoms with Crippen LogP contribution in [0.3, 0.4) is 0 Å². The minimum absolute atomic E-state index is 0.00484. The molecule has 4 nitrogen and oxygen atoms in total. The molecule has 1 saturated heterocycles. The highest BCUT2D eigenvalue weighted by Crippen LogP contribution is 2.31. The molecular weight excluding hydrogens is 300 g/mol. The van der Waals surface area contributed by atoms with Gasteiger partial charge in [-0.3, -0.25) is 9.59 Å². The van der Waals surface area contributed by atoms with Gasteiger partial charge in [-0.05, 0) is 49.7 Å². The number of aryl methyl sites for hydroxylation is 1. The zero-order chi connectivity index (χ0) is 16.8. The summed E-state index contributed by atoms with van der Waals surface area (Å²) in [5.41, 5.74) is 2.52. The average Bonchev–Trinajstić information content (AvgIpc) is 2.82. The summed E-state index contributed by atoms with van der Waals surface area (Å²) in [6, 6.07) is 8.31. The molecule has 1 N–H and O–H groups in total. The second kappa shape index (κ2) is 8.32. The Balaban J connectivity index is 1.45. The van der Waals surface area contributed by atoms with Crippen LogP contribution >= 0.6 is 0 Å². The predicted molar refractivity (Wildman–Crippen MR) is 94.8 cm³/mol. The molecule has 1 aromatic rings. The zero-order valence-corrected chi connectivity index (χ0v) is 14.4. The molecule has 0 bridgehead atoms. The largest absolute Gasteiger partial charge is 0.356 e. The number of hydrogen-bond acceptors (Lipinski definition) is 2. The fourth-order valence-corrected chi connectivity index (χ4v) is 3.91. The Kier molecular flexibility index (Phi) is 5.89. The van der Waals surface area contributed by atoms with Gasteiger partial charge >= 0.3 is 0 Å². The molecular formula is C20H28N2O2. The number of nitrogens with zero attached hydrogens (tertiary/aromatic N) is 1. The fourth-order valence-electron chi connectivity index (χ4n) is 3.91. The highest BCUT2D eigenvalue weighted by Gasteiger charge is 2.25. The monoisotopic (exact) mass is 328 g/mol. The smallest absolute Gasteiger partial charge is 0.227 e. The van der Waals surface area contributed by atoms with Crippen molar-refractivity contribution in [2.45, 2.75) is 57.3 Å². The Morgan fingerprint density at radius 1 is 1.12 bits per heavy atom. The molecule has 0 spiro atoms. The summed E-state index contributed by atoms with van der Waals surface area (Å²) in [5, 5.41) is 3.09. The highest BCUT2D eigenvalue weighted by atomic mass is 16.2. The summed E-state index contributed by atoms with van der Waals surface area (Å²) in [4.78, 5) is 26.5. The quantitative estimate of drug-likeness (QED) is 0.845. The fraction of sp³-hybridized carbons (Fsp3) is 0.600. The van der Waals surface area contributed by atoms with Gasteiger partial charge in [0.25, 0.3) is 0 Å². The maximum absolute atomic E-state index is 12.5. The first-order valence-corrected chi connectivity index (χ1v) is 9.39. The minimum Gasteiger partial charge on any atom is -0.356 e. The molecule has 4 heteroatoms. The number of fused-ring (bicyclic) bond motifs is 1. The van der Waals surface area contributed by atoms with E-state index in [4.69, 9.17) is 0 Å². The molecule has 0 saturated carbocycles. The van der Waals surface area contributed by atoms with Crippen molar-refractivity contribution in [2.75, 3.05) is 19.6 Å². The summed E-state index contributed by atoms with van der Waals surface area (Å²) < 4.78 is 0. The second-order valence-corrected chi connectivity index (χ2v) is 6.98. The van der Waals surface area contributed by atoms with Gasteiger partial charge in [0, 0.05) is 26.1 Å². The number of hydrogen-bond donors (Lipinski definition) is 1. The summed E-state index contributed by atoms with van der Waals surface area (Å²) >= 11 is 0. The van der Waals surface area contributed by atoms with Crippen LogP contribution < -0.4 is 5.32 Å². The Morgan fingerprint density at radius 2 is 2.00 bits per heavy atom. The number of amides is 2. The van der Waals surface area contributed by atoms with E-state index in [1.165, 1.54) is 11.1 Å². The molecule has 1 heterocycles. The molecule has 1 unspecified atom stereocenters. The van der Waals surface area contributed by atoms with E-state index < -0.39 is 0 Å². The van der Waals surface area contributed by atoms with Crippen LogP contribution in [0.25, 0.3) is 0 Å². The van der Waals surface area contributed by atoms with Gasteiger partial charge in [0.05, 0.1) is 5.92 Å². The number of nitrogens with one attached hydrogen (secondary N) is 1. The van der Waals surface area contributed by atoms with E-state index in [-0.39, 0.29) is 17.7 Å². The zero-order valence-electron chi connectivity index (χ0n) is 14.4. The maximum Gasteiger partial charge on any atom is 0.227 e. The number of rotatable bonds is 5. The van der Waals surface area contributed by atoms with Crippen LogP contribution in [-0.2, 0) is 16.0 Å². The van der Waals surface area contributed by atoms with Crippen molar-refractivity contribution >= 4 is 11.8 Å². The van der Waals surface area contributed by atoms with E-state index >= 15 is 0 Å². The Hall–Kier alpha value is -1.84. The van der Waals surface area contributed by atoms with E-state index in [2.05, 4.69) is 23.5 Å². The Bertz CT molecular complexity index is 585. The normalized spacial score (nSPS) is 21.1. The van der Waals surface area contributed by atoms with Crippen LogP contribution in [0, 0.1) is 0 Å². The average molecular weight is 328 g/mol. The van der Waals surface area contributed by atoms with Crippen molar-refractivity contribution in [3.63, 3.8) is 0 Å². The van der Waals surface area contributed by atoms with Gasteiger partial charge in [-0.2, -0.15) is 0 Å². The molecule has 1 aromatic carbocycles. The first-order valence-electron chi connectivity index (χ1n) is 9.39. The van der Waals surface area contributed by atoms with Gasteiger partial charge in [0.1, 0.15) is 0 Å². The molecule has 2 aliphatic rings. The van der Waals surface area contributed by atoms with Crippen LogP contribution in [0.2, 0.25) is 0 Å². The van der Waals surface area contributed by atoms with Crippen LogP contribution in [0.5, 0.6) is 0 Å². The number of carbonyl (C=O) groups is 2. The topological polar surface area (TPSA) is 49.4 Å². The van der Waals surface area contributed by atoms with Crippen LogP contribution in [0.4, 0.5) is 0 Å². The molecule has 24 heavy (non-hydrogen) atoms. The molecule has 3 rings (SSSR count). The highest BCUT2D eigenvalue weighted by molar-refractivity contribution is 5.84. The van der Waals surface area contributed by atoms with Crippen molar-refractivity contribution in [1.82, 2.24) is 10.2 Å². The van der Waals surface area contributed by atoms with Crippen molar-refractivity contribution in [3.05, 3.63) is 35.4 Å². The first-order chi connectivity index (χ1) is 11.8. The summed E-state index contributed by atoms with van der Waals surface area (Å²) in [6.07, 6.45) is 7.91. The number of likely N-dealkylation sites (tertiary alicyclic amines) is 1. The van der Waals surface area contributed by atoms with Crippen LogP contribution in [0.15, 0.2) is 24.3 Å². The Morgan fingerprint density at radius 3 is 2.92 bits per heavy atom. The number of benzene rings is 1. The molecule has 2 amide bonds. The van der Waals surface area contributed by atoms with Crippen molar-refractivity contribution in [3.8, 4) is 0 Å². The van der Waals surface area contributed by atoms with Crippen molar-refractivity contribution in [1.29, 1.82) is 0 Å². The third-order valence-corrected chi connectivity index (χ3v) is 5.26. The van der Waals surface area contributed by atoms with Gasteiger partial charge in [-0.15, -0.1) is 0 Å². The third-order valence-electron chi connectivity index (χ3n) is 5.26. The van der Waals surface area contributed by atoms with Crippen molar-refractivity contribution in [2.24, 2.45) is 0 Å². The third kappa shape index (κ3) is 4.16. The van der Waals surface area contributed by atoms with Gasteiger partial charge in [-0.1, -0.05) is 30.7 Å². The molecule has 1 aliphatic carbocycles. The first kappa shape index (κ1) is 17.0. The van der Waals surface area contributed by atoms with E-state index in [0.29, 0.717) is 13.0 Å². The van der Waals surface area contributed by atoms with E-state index in [1.807, 2.05) is 11.0 Å². The molecule has 1 fully saturated rings. The molecule has 0 aromatic heterocycles. The lowest BCUT2D eigenvalue weighted by Crippen LogP contribution is -2.35. The van der Waals surface area contributed by atoms with Gasteiger partial charge in [-0.25, -0.2) is 0 Å². The summed E-state index contributed by atoms with van der Waals surface area (Å²) in [5.74, 6) is 0.416. The van der Waals surface area contributed by atoms with Crippen LogP contribution in [-0.4, -0.2) is 36.3 Å². The molecule has 130 valence electrons. The lowest BCUT2D eigenvalue weighted by Gasteiger charge is -2.25. The lowest BCUT2D eigenvalue weighted by atomic mass is 9.82. The predicted octanol–water partition coefficient (Wildman–Crippen LogP) is 3.02. The van der Waals surface area contributed by atoms with Gasteiger partial charge in [0.15, 0.2) is 0 Å². The lowest BCUT2D eigenvalue weighted by molar-refractivity contribution is -0.130. The second-order valence-electron chi connectivity index (χ2n) is 6.98. The van der Waals surface area contributed by atoms with E-state index in [0.717, 1.165) is 58.0 Å². The molecule has 1 atom stereocenters. The Labute approximate surface area is 144 Å². The molecule has 1 aliphatic heterocycles. The van der Waals surface area contributed by atoms with E-state index in [9.17, 15) is 9.59 Å². The van der Waals surface area contributed by atoms with Gasteiger partial charge < -0.3 is 10.2 Å². The van der Waals surface area contributed by atoms with Crippen molar-refractivity contribution < 1.29 is 9.59 Å². The van der Waals surface area contributed by atoms with Gasteiger partial charge in [0.2, 0.25) is 11.8 Å². The number of carbonyl (C=O) groups excluding carboxylic acids is 2. The maximum atomic E-state index is 12.5. The summed E-state index contributed by atoms with van der Waals surface area (Å²) in [7, 11) is 0. The van der Waals surface area contributed by atoms with E-state index in [1.54, 1.807) is 0 Å². The SMILES string of the molecule is O=C(NCCCN1CCCCCC1=O)C1CCCc2ccccc21.